The Morgan fingerprint density at radius 3 is 2.53 bits per heavy atom. The zero-order chi connectivity index (χ0) is 14.8. The van der Waals surface area contributed by atoms with Crippen LogP contribution < -0.4 is 5.14 Å². The van der Waals surface area contributed by atoms with Gasteiger partial charge in [-0.2, -0.15) is 0 Å². The Morgan fingerprint density at radius 2 is 2.11 bits per heavy atom. The number of carbonyl (C=O) groups excluding carboxylic acids is 1. The van der Waals surface area contributed by atoms with Gasteiger partial charge < -0.3 is 4.74 Å². The van der Waals surface area contributed by atoms with Crippen LogP contribution in [0, 0.1) is 10.1 Å². The van der Waals surface area contributed by atoms with E-state index in [2.05, 4.69) is 20.7 Å². The molecule has 0 aliphatic carbocycles. The van der Waals surface area contributed by atoms with Crippen LogP contribution in [0.25, 0.3) is 0 Å². The third-order valence-electron chi connectivity index (χ3n) is 2.04. The van der Waals surface area contributed by atoms with Gasteiger partial charge in [-0.3, -0.25) is 10.1 Å². The van der Waals surface area contributed by atoms with Gasteiger partial charge in [0.1, 0.15) is 4.90 Å². The molecule has 0 aliphatic rings. The second kappa shape index (κ2) is 5.63. The Kier molecular flexibility index (Phi) is 4.61. The van der Waals surface area contributed by atoms with Crippen molar-refractivity contribution in [2.45, 2.75) is 11.8 Å². The van der Waals surface area contributed by atoms with E-state index in [1.54, 1.807) is 6.92 Å². The van der Waals surface area contributed by atoms with E-state index in [0.29, 0.717) is 0 Å². The Labute approximate surface area is 116 Å². The van der Waals surface area contributed by atoms with Gasteiger partial charge in [0.15, 0.2) is 0 Å². The number of nitrogens with two attached hydrogens (primary N) is 1. The molecule has 1 rings (SSSR count). The maximum atomic E-state index is 11.6. The highest BCUT2D eigenvalue weighted by atomic mass is 79.9. The lowest BCUT2D eigenvalue weighted by Gasteiger charge is -2.08. The highest BCUT2D eigenvalue weighted by Crippen LogP contribution is 2.30. The van der Waals surface area contributed by atoms with E-state index < -0.39 is 31.5 Å². The quantitative estimate of drug-likeness (QED) is 0.491. The van der Waals surface area contributed by atoms with Crippen LogP contribution in [-0.2, 0) is 14.8 Å². The molecule has 0 unspecified atom stereocenters. The summed E-state index contributed by atoms with van der Waals surface area (Å²) in [6, 6.07) is 1.68. The first-order chi connectivity index (χ1) is 8.68. The molecule has 0 saturated carbocycles. The Bertz CT molecular complexity index is 642. The smallest absolute Gasteiger partial charge is 0.339 e. The second-order valence-corrected chi connectivity index (χ2v) is 5.65. The summed E-state index contributed by atoms with van der Waals surface area (Å²) in [6.45, 7) is 1.59. The van der Waals surface area contributed by atoms with Crippen molar-refractivity contribution in [3.63, 3.8) is 0 Å². The zero-order valence-corrected chi connectivity index (χ0v) is 12.0. The van der Waals surface area contributed by atoms with Crippen molar-refractivity contribution in [2.24, 2.45) is 5.14 Å². The van der Waals surface area contributed by atoms with Gasteiger partial charge in [0.2, 0.25) is 10.0 Å². The van der Waals surface area contributed by atoms with Crippen LogP contribution in [0.3, 0.4) is 0 Å². The molecule has 0 amide bonds. The molecule has 104 valence electrons. The van der Waals surface area contributed by atoms with Gasteiger partial charge >= 0.3 is 5.97 Å². The number of non-ortho nitro benzene ring substituents is 1. The summed E-state index contributed by atoms with van der Waals surface area (Å²) in [5.74, 6) is -0.886. The van der Waals surface area contributed by atoms with Crippen LogP contribution in [0.15, 0.2) is 21.5 Å². The van der Waals surface area contributed by atoms with Crippen LogP contribution >= 0.6 is 15.9 Å². The van der Waals surface area contributed by atoms with Gasteiger partial charge in [0, 0.05) is 12.1 Å². The Morgan fingerprint density at radius 1 is 1.53 bits per heavy atom. The first-order valence-corrected chi connectivity index (χ1v) is 7.20. The number of nitro groups is 1. The number of nitrogens with zero attached hydrogens (tertiary/aromatic N) is 1. The first kappa shape index (κ1) is 15.5. The van der Waals surface area contributed by atoms with Crippen LogP contribution in [0.1, 0.15) is 17.3 Å². The molecule has 0 radical (unpaired) electrons. The molecule has 0 bridgehead atoms. The van der Waals surface area contributed by atoms with Crippen molar-refractivity contribution in [2.75, 3.05) is 6.61 Å². The molecule has 2 N–H and O–H groups in total. The average Bonchev–Trinajstić information content (AvgIpc) is 2.27. The SMILES string of the molecule is CCOC(=O)c1cc([N+](=O)[O-])cc(S(N)(=O)=O)c1Br. The van der Waals surface area contributed by atoms with Crippen LogP contribution in [0.5, 0.6) is 0 Å². The van der Waals surface area contributed by atoms with Crippen molar-refractivity contribution < 1.29 is 22.9 Å². The fourth-order valence-corrected chi connectivity index (χ4v) is 2.97. The zero-order valence-electron chi connectivity index (χ0n) is 9.62. The number of esters is 1. The van der Waals surface area contributed by atoms with E-state index in [4.69, 9.17) is 5.14 Å². The lowest BCUT2D eigenvalue weighted by molar-refractivity contribution is -0.385. The van der Waals surface area contributed by atoms with Gasteiger partial charge in [0.25, 0.3) is 5.69 Å². The summed E-state index contributed by atoms with van der Waals surface area (Å²) in [4.78, 5) is 21.0. The lowest BCUT2D eigenvalue weighted by Crippen LogP contribution is -2.16. The first-order valence-electron chi connectivity index (χ1n) is 4.86. The molecular weight excluding hydrogens is 344 g/mol. The number of carbonyl (C=O) groups is 1. The molecule has 0 spiro atoms. The standard InChI is InChI=1S/C9H9BrN2O6S/c1-2-18-9(13)6-3-5(12(14)15)4-7(8(6)10)19(11,16)17/h3-4H,2H2,1H3,(H2,11,16,17). The number of benzene rings is 1. The molecule has 8 nitrogen and oxygen atoms in total. The summed E-state index contributed by atoms with van der Waals surface area (Å²) in [5.41, 5.74) is -0.852. The topological polar surface area (TPSA) is 130 Å². The summed E-state index contributed by atoms with van der Waals surface area (Å²) >= 11 is 2.89. The molecule has 0 fully saturated rings. The Balaban J connectivity index is 3.60. The maximum Gasteiger partial charge on any atom is 0.339 e. The number of hydrogen-bond donors (Lipinski definition) is 1. The number of rotatable bonds is 4. The summed E-state index contributed by atoms with van der Waals surface area (Å²) in [6.07, 6.45) is 0. The molecule has 0 heterocycles. The van der Waals surface area contributed by atoms with Crippen molar-refractivity contribution in [3.05, 3.63) is 32.3 Å². The van der Waals surface area contributed by atoms with Crippen molar-refractivity contribution in [1.82, 2.24) is 0 Å². The van der Waals surface area contributed by atoms with Crippen molar-refractivity contribution in [1.29, 1.82) is 0 Å². The minimum atomic E-state index is -4.22. The molecule has 1 aromatic carbocycles. The maximum absolute atomic E-state index is 11.6. The van der Waals surface area contributed by atoms with Gasteiger partial charge in [-0.05, 0) is 22.9 Å². The monoisotopic (exact) mass is 352 g/mol. The molecule has 0 saturated heterocycles. The highest BCUT2D eigenvalue weighted by Gasteiger charge is 2.25. The minimum absolute atomic E-state index is 0.0404. The van der Waals surface area contributed by atoms with Gasteiger partial charge in [0.05, 0.1) is 21.6 Å². The number of nitro benzene ring substituents is 1. The fourth-order valence-electron chi connectivity index (χ4n) is 1.25. The third kappa shape index (κ3) is 3.49. The van der Waals surface area contributed by atoms with Crippen LogP contribution in [0.2, 0.25) is 0 Å². The second-order valence-electron chi connectivity index (χ2n) is 3.33. The van der Waals surface area contributed by atoms with Crippen LogP contribution in [-0.4, -0.2) is 25.9 Å². The lowest BCUT2D eigenvalue weighted by atomic mass is 10.2. The largest absolute Gasteiger partial charge is 0.462 e. The van der Waals surface area contributed by atoms with Gasteiger partial charge in [-0.1, -0.05) is 0 Å². The minimum Gasteiger partial charge on any atom is -0.462 e. The van der Waals surface area contributed by atoms with E-state index in [1.807, 2.05) is 0 Å². The molecule has 10 heteroatoms. The molecule has 19 heavy (non-hydrogen) atoms. The highest BCUT2D eigenvalue weighted by molar-refractivity contribution is 9.10. The molecular formula is C9H9BrN2O6S. The van der Waals surface area contributed by atoms with Gasteiger partial charge in [-0.15, -0.1) is 0 Å². The summed E-state index contributed by atoms with van der Waals surface area (Å²) in [7, 11) is -4.22. The average molecular weight is 353 g/mol. The van der Waals surface area contributed by atoms with E-state index in [-0.39, 0.29) is 16.6 Å². The van der Waals surface area contributed by atoms with E-state index >= 15 is 0 Å². The van der Waals surface area contributed by atoms with Gasteiger partial charge in [-0.25, -0.2) is 18.4 Å². The van der Waals surface area contributed by atoms with E-state index in [9.17, 15) is 23.3 Å². The van der Waals surface area contributed by atoms with Crippen molar-refractivity contribution >= 4 is 37.6 Å². The number of primary sulfonamides is 1. The summed E-state index contributed by atoms with van der Waals surface area (Å²) in [5, 5.41) is 15.7. The normalized spacial score (nSPS) is 11.1. The third-order valence-corrected chi connectivity index (χ3v) is 4.09. The number of ether oxygens (including phenoxy) is 1. The summed E-state index contributed by atoms with van der Waals surface area (Å²) < 4.78 is 27.2. The van der Waals surface area contributed by atoms with Crippen molar-refractivity contribution in [3.8, 4) is 0 Å². The number of sulfonamides is 1. The molecule has 1 aromatic rings. The Hall–Kier alpha value is -1.52. The fraction of sp³-hybridized carbons (Fsp3) is 0.222. The molecule has 0 aliphatic heterocycles. The molecule has 0 atom stereocenters. The predicted molar refractivity (Wildman–Crippen MR) is 68.1 cm³/mol. The molecule has 0 aromatic heterocycles. The number of halogens is 1. The van der Waals surface area contributed by atoms with E-state index in [1.165, 1.54) is 0 Å². The van der Waals surface area contributed by atoms with E-state index in [0.717, 1.165) is 12.1 Å². The van der Waals surface area contributed by atoms with Crippen LogP contribution in [0.4, 0.5) is 5.69 Å². The predicted octanol–water partition coefficient (Wildman–Crippen LogP) is 1.18. The number of hydrogen-bond acceptors (Lipinski definition) is 6.